The number of aromatic nitrogens is 1. The van der Waals surface area contributed by atoms with Gasteiger partial charge in [0.25, 0.3) is 0 Å². The number of hydrogen-bond donors (Lipinski definition) is 2. The maximum atomic E-state index is 9.61. The third kappa shape index (κ3) is 1.44. The molecule has 0 bridgehead atoms. The Morgan fingerprint density at radius 3 is 3.06 bits per heavy atom. The van der Waals surface area contributed by atoms with Crippen molar-refractivity contribution in [3.63, 3.8) is 0 Å². The smallest absolute Gasteiger partial charge is 0.157 e. The topological polar surface area (TPSA) is 45.2 Å². The summed E-state index contributed by atoms with van der Waals surface area (Å²) in [5, 5.41) is 10.9. The first kappa shape index (κ1) is 9.87. The van der Waals surface area contributed by atoms with Crippen LogP contribution in [-0.2, 0) is 4.74 Å². The molecule has 1 aliphatic rings. The van der Waals surface area contributed by atoms with Gasteiger partial charge >= 0.3 is 0 Å². The molecule has 84 valence electrons. The van der Waals surface area contributed by atoms with Crippen LogP contribution in [0.15, 0.2) is 30.5 Å². The van der Waals surface area contributed by atoms with Crippen LogP contribution >= 0.6 is 0 Å². The predicted molar refractivity (Wildman–Crippen MR) is 62.2 cm³/mol. The quantitative estimate of drug-likeness (QED) is 0.774. The Hall–Kier alpha value is -1.32. The van der Waals surface area contributed by atoms with Gasteiger partial charge in [0, 0.05) is 30.1 Å². The molecule has 1 aromatic carbocycles. The summed E-state index contributed by atoms with van der Waals surface area (Å²) in [5.74, 6) is 0.690. The minimum Gasteiger partial charge on any atom is -0.368 e. The van der Waals surface area contributed by atoms with Gasteiger partial charge in [-0.15, -0.1) is 0 Å². The van der Waals surface area contributed by atoms with Gasteiger partial charge in [-0.1, -0.05) is 18.2 Å². The number of fused-ring (bicyclic) bond motifs is 1. The number of para-hydroxylation sites is 1. The largest absolute Gasteiger partial charge is 0.368 e. The lowest BCUT2D eigenvalue weighted by molar-refractivity contribution is -0.0895. The summed E-state index contributed by atoms with van der Waals surface area (Å²) in [6.07, 6.45) is 2.44. The standard InChI is InChI=1S/C13H15NO2/c1-16-13(15)10-6-9(10)11-7-14-12-5-3-2-4-8(11)12/h2-5,7,9-10,13-15H,6H2,1H3. The fraction of sp³-hybridized carbons (Fsp3) is 0.385. The molecule has 3 rings (SSSR count). The van der Waals surface area contributed by atoms with Gasteiger partial charge in [0.1, 0.15) is 0 Å². The number of aliphatic hydroxyl groups is 1. The maximum Gasteiger partial charge on any atom is 0.157 e. The number of benzene rings is 1. The van der Waals surface area contributed by atoms with E-state index in [1.807, 2.05) is 12.1 Å². The fourth-order valence-electron chi connectivity index (χ4n) is 2.46. The third-order valence-corrected chi connectivity index (χ3v) is 3.47. The Morgan fingerprint density at radius 2 is 2.25 bits per heavy atom. The molecule has 16 heavy (non-hydrogen) atoms. The van der Waals surface area contributed by atoms with Crippen molar-refractivity contribution in [3.8, 4) is 0 Å². The second-order valence-corrected chi connectivity index (χ2v) is 4.42. The van der Waals surface area contributed by atoms with Gasteiger partial charge in [-0.05, 0) is 24.0 Å². The van der Waals surface area contributed by atoms with Crippen LogP contribution in [0.5, 0.6) is 0 Å². The van der Waals surface area contributed by atoms with E-state index >= 15 is 0 Å². The Morgan fingerprint density at radius 1 is 1.44 bits per heavy atom. The number of hydrogen-bond acceptors (Lipinski definition) is 2. The van der Waals surface area contributed by atoms with Crippen LogP contribution in [0, 0.1) is 5.92 Å². The zero-order valence-electron chi connectivity index (χ0n) is 9.18. The number of aliphatic hydroxyl groups excluding tert-OH is 1. The summed E-state index contributed by atoms with van der Waals surface area (Å²) in [4.78, 5) is 3.26. The summed E-state index contributed by atoms with van der Waals surface area (Å²) in [5.41, 5.74) is 2.46. The molecule has 1 aliphatic carbocycles. The number of H-pyrrole nitrogens is 1. The minimum absolute atomic E-state index is 0.254. The highest BCUT2D eigenvalue weighted by molar-refractivity contribution is 5.84. The third-order valence-electron chi connectivity index (χ3n) is 3.47. The summed E-state index contributed by atoms with van der Waals surface area (Å²) in [6, 6.07) is 8.26. The molecule has 3 unspecified atom stereocenters. The Kier molecular flexibility index (Phi) is 2.23. The van der Waals surface area contributed by atoms with E-state index < -0.39 is 6.29 Å². The molecule has 0 saturated heterocycles. The molecule has 1 heterocycles. The van der Waals surface area contributed by atoms with Crippen molar-refractivity contribution in [2.45, 2.75) is 18.6 Å². The van der Waals surface area contributed by atoms with Crippen LogP contribution < -0.4 is 0 Å². The summed E-state index contributed by atoms with van der Waals surface area (Å²) < 4.78 is 4.96. The van der Waals surface area contributed by atoms with Crippen LogP contribution in [-0.4, -0.2) is 23.5 Å². The van der Waals surface area contributed by atoms with Crippen molar-refractivity contribution >= 4 is 10.9 Å². The predicted octanol–water partition coefficient (Wildman–Crippen LogP) is 2.24. The van der Waals surface area contributed by atoms with E-state index in [4.69, 9.17) is 4.74 Å². The number of aromatic amines is 1. The van der Waals surface area contributed by atoms with Crippen molar-refractivity contribution in [1.82, 2.24) is 4.98 Å². The molecule has 2 N–H and O–H groups in total. The number of methoxy groups -OCH3 is 1. The monoisotopic (exact) mass is 217 g/mol. The maximum absolute atomic E-state index is 9.61. The van der Waals surface area contributed by atoms with E-state index in [2.05, 4.69) is 23.3 Å². The SMILES string of the molecule is COC(O)C1CC1c1c[nH]c2ccccc12. The first-order valence-electron chi connectivity index (χ1n) is 5.58. The van der Waals surface area contributed by atoms with Gasteiger partial charge in [-0.2, -0.15) is 0 Å². The van der Waals surface area contributed by atoms with Gasteiger partial charge in [0.2, 0.25) is 0 Å². The molecule has 2 aromatic rings. The van der Waals surface area contributed by atoms with Gasteiger partial charge in [-0.3, -0.25) is 0 Å². The van der Waals surface area contributed by atoms with E-state index in [0.717, 1.165) is 11.9 Å². The molecule has 0 amide bonds. The first-order valence-corrected chi connectivity index (χ1v) is 5.58. The molecule has 1 fully saturated rings. The number of ether oxygens (including phenoxy) is 1. The van der Waals surface area contributed by atoms with E-state index in [9.17, 15) is 5.11 Å². The summed E-state index contributed by atoms with van der Waals surface area (Å²) >= 11 is 0. The molecule has 1 saturated carbocycles. The highest BCUT2D eigenvalue weighted by Gasteiger charge is 2.44. The molecule has 3 nitrogen and oxygen atoms in total. The van der Waals surface area contributed by atoms with Crippen LogP contribution in [0.3, 0.4) is 0 Å². The normalized spacial score (nSPS) is 25.9. The van der Waals surface area contributed by atoms with E-state index in [-0.39, 0.29) is 5.92 Å². The van der Waals surface area contributed by atoms with Crippen LogP contribution in [0.2, 0.25) is 0 Å². The van der Waals surface area contributed by atoms with Crippen LogP contribution in [0.4, 0.5) is 0 Å². The van der Waals surface area contributed by atoms with Crippen molar-refractivity contribution in [2.24, 2.45) is 5.92 Å². The molecular weight excluding hydrogens is 202 g/mol. The highest BCUT2D eigenvalue weighted by atomic mass is 16.6. The zero-order chi connectivity index (χ0) is 11.1. The zero-order valence-corrected chi connectivity index (χ0v) is 9.18. The highest BCUT2D eigenvalue weighted by Crippen LogP contribution is 2.51. The molecule has 3 atom stereocenters. The molecule has 0 radical (unpaired) electrons. The van der Waals surface area contributed by atoms with E-state index in [1.165, 1.54) is 10.9 Å². The van der Waals surface area contributed by atoms with Crippen LogP contribution in [0.1, 0.15) is 17.9 Å². The van der Waals surface area contributed by atoms with Gasteiger partial charge in [0.15, 0.2) is 6.29 Å². The Balaban J connectivity index is 1.91. The Labute approximate surface area is 94.0 Å². The van der Waals surface area contributed by atoms with Crippen molar-refractivity contribution in [3.05, 3.63) is 36.0 Å². The fourth-order valence-corrected chi connectivity index (χ4v) is 2.46. The van der Waals surface area contributed by atoms with Gasteiger partial charge in [-0.25, -0.2) is 0 Å². The molecule has 3 heteroatoms. The lowest BCUT2D eigenvalue weighted by atomic mass is 10.1. The summed E-state index contributed by atoms with van der Waals surface area (Å²) in [7, 11) is 1.55. The van der Waals surface area contributed by atoms with Crippen molar-refractivity contribution in [1.29, 1.82) is 0 Å². The summed E-state index contributed by atoms with van der Waals surface area (Å²) in [6.45, 7) is 0. The average molecular weight is 217 g/mol. The van der Waals surface area contributed by atoms with E-state index in [0.29, 0.717) is 5.92 Å². The van der Waals surface area contributed by atoms with Crippen molar-refractivity contribution in [2.75, 3.05) is 7.11 Å². The molecule has 1 aromatic heterocycles. The second kappa shape index (κ2) is 3.61. The van der Waals surface area contributed by atoms with Gasteiger partial charge in [0.05, 0.1) is 0 Å². The average Bonchev–Trinajstić information content (AvgIpc) is 3.00. The van der Waals surface area contributed by atoms with Gasteiger partial charge < -0.3 is 14.8 Å². The minimum atomic E-state index is -0.626. The molecule has 0 spiro atoms. The lowest BCUT2D eigenvalue weighted by Crippen LogP contribution is -2.12. The molecular formula is C13H15NO2. The van der Waals surface area contributed by atoms with Crippen molar-refractivity contribution < 1.29 is 9.84 Å². The van der Waals surface area contributed by atoms with Crippen LogP contribution in [0.25, 0.3) is 10.9 Å². The lowest BCUT2D eigenvalue weighted by Gasteiger charge is -2.06. The number of rotatable bonds is 3. The number of nitrogens with one attached hydrogen (secondary N) is 1. The first-order chi connectivity index (χ1) is 7.81. The molecule has 0 aliphatic heterocycles. The van der Waals surface area contributed by atoms with E-state index in [1.54, 1.807) is 7.11 Å². The second-order valence-electron chi connectivity index (χ2n) is 4.42. The Bertz CT molecular complexity index is 505.